The van der Waals surface area contributed by atoms with E-state index in [2.05, 4.69) is 46.0 Å². The molecule has 15 heteroatoms. The molecular weight excluding hydrogens is 438 g/mol. The summed E-state index contributed by atoms with van der Waals surface area (Å²) in [4.78, 5) is 12.8. The molecule has 4 rings (SSSR count). The summed E-state index contributed by atoms with van der Waals surface area (Å²) in [7, 11) is 3.37. The number of nitrogens with zero attached hydrogens (tertiary/aromatic N) is 9. The van der Waals surface area contributed by atoms with E-state index in [-0.39, 0.29) is 23.1 Å². The zero-order valence-corrected chi connectivity index (χ0v) is 17.7. The zero-order valence-electron chi connectivity index (χ0n) is 16.9. The third kappa shape index (κ3) is 4.41. The van der Waals surface area contributed by atoms with Crippen molar-refractivity contribution < 1.29 is 14.2 Å². The summed E-state index contributed by atoms with van der Waals surface area (Å²) < 4.78 is 12.8. The Kier molecular flexibility index (Phi) is 6.07. The van der Waals surface area contributed by atoms with Crippen LogP contribution in [0.25, 0.3) is 5.82 Å². The first kappa shape index (κ1) is 21.0. The number of nitrogen functional groups attached to an aromatic ring is 1. The lowest BCUT2D eigenvalue weighted by Gasteiger charge is -2.05. The Bertz CT molecular complexity index is 1260. The highest BCUT2D eigenvalue weighted by atomic mass is 32.2. The molecule has 0 saturated heterocycles. The van der Waals surface area contributed by atoms with Crippen LogP contribution in [0.3, 0.4) is 0 Å². The Labute approximate surface area is 184 Å². The van der Waals surface area contributed by atoms with Gasteiger partial charge in [0, 0.05) is 12.8 Å². The van der Waals surface area contributed by atoms with Gasteiger partial charge in [0.2, 0.25) is 11.6 Å². The molecule has 3 heterocycles. The third-order valence-electron chi connectivity index (χ3n) is 4.16. The summed E-state index contributed by atoms with van der Waals surface area (Å²) >= 11 is 1.32. The number of nitrogens with one attached hydrogen (secondary N) is 1. The van der Waals surface area contributed by atoms with Gasteiger partial charge in [0.15, 0.2) is 10.9 Å². The van der Waals surface area contributed by atoms with Crippen molar-refractivity contribution >= 4 is 29.7 Å². The van der Waals surface area contributed by atoms with Crippen molar-refractivity contribution in [3.63, 3.8) is 0 Å². The second-order valence-electron chi connectivity index (χ2n) is 6.26. The number of ether oxygens (including phenoxy) is 1. The number of nitrogens with two attached hydrogens (primary N) is 1. The molecule has 14 nitrogen and oxygen atoms in total. The van der Waals surface area contributed by atoms with Crippen LogP contribution in [0.5, 0.6) is 5.75 Å². The van der Waals surface area contributed by atoms with Crippen molar-refractivity contribution in [1.29, 1.82) is 0 Å². The van der Waals surface area contributed by atoms with E-state index in [1.165, 1.54) is 22.7 Å². The van der Waals surface area contributed by atoms with Gasteiger partial charge >= 0.3 is 0 Å². The van der Waals surface area contributed by atoms with Crippen LogP contribution in [0.2, 0.25) is 0 Å². The first-order valence-electron chi connectivity index (χ1n) is 9.04. The predicted molar refractivity (Wildman–Crippen MR) is 112 cm³/mol. The van der Waals surface area contributed by atoms with E-state index in [1.807, 2.05) is 12.1 Å². The molecule has 0 saturated carbocycles. The van der Waals surface area contributed by atoms with Gasteiger partial charge in [-0.3, -0.25) is 4.79 Å². The van der Waals surface area contributed by atoms with E-state index >= 15 is 0 Å². The van der Waals surface area contributed by atoms with E-state index in [0.717, 1.165) is 5.56 Å². The Morgan fingerprint density at radius 1 is 1.38 bits per heavy atom. The number of benzene rings is 1. The highest BCUT2D eigenvalue weighted by Crippen LogP contribution is 2.24. The predicted octanol–water partition coefficient (Wildman–Crippen LogP) is 0.426. The fourth-order valence-corrected chi connectivity index (χ4v) is 3.47. The molecule has 0 aliphatic rings. The SMILES string of the molecule is COc1cccc(/C=N\NC(=O)c2nnn(-c3nonc3N)c2CSc2nncn2C)c1. The van der Waals surface area contributed by atoms with Crippen molar-refractivity contribution in [3.8, 4) is 11.6 Å². The lowest BCUT2D eigenvalue weighted by molar-refractivity contribution is 0.0949. The van der Waals surface area contributed by atoms with Crippen LogP contribution >= 0.6 is 11.8 Å². The Balaban J connectivity index is 1.57. The monoisotopic (exact) mass is 455 g/mol. The topological polar surface area (TPSA) is 177 Å². The molecule has 0 bridgehead atoms. The van der Waals surface area contributed by atoms with E-state index in [9.17, 15) is 4.79 Å². The number of rotatable bonds is 8. The summed E-state index contributed by atoms with van der Waals surface area (Å²) in [5.41, 5.74) is 9.40. The molecule has 1 amide bonds. The van der Waals surface area contributed by atoms with Crippen LogP contribution < -0.4 is 15.9 Å². The van der Waals surface area contributed by atoms with E-state index in [1.54, 1.807) is 37.2 Å². The molecule has 4 aromatic rings. The lowest BCUT2D eigenvalue weighted by atomic mass is 10.2. The molecule has 0 radical (unpaired) electrons. The Morgan fingerprint density at radius 3 is 2.97 bits per heavy atom. The van der Waals surface area contributed by atoms with Crippen molar-refractivity contribution in [2.24, 2.45) is 12.1 Å². The van der Waals surface area contributed by atoms with E-state index < -0.39 is 5.91 Å². The fraction of sp³-hybridized carbons (Fsp3) is 0.176. The fourth-order valence-electron chi connectivity index (χ4n) is 2.59. The quantitative estimate of drug-likeness (QED) is 0.214. The van der Waals surface area contributed by atoms with Crippen molar-refractivity contribution in [2.45, 2.75) is 10.9 Å². The van der Waals surface area contributed by atoms with Crippen LogP contribution in [0.4, 0.5) is 5.82 Å². The maximum atomic E-state index is 12.8. The zero-order chi connectivity index (χ0) is 22.5. The number of hydrogen-bond acceptors (Lipinski definition) is 12. The highest BCUT2D eigenvalue weighted by Gasteiger charge is 2.24. The molecule has 0 unspecified atom stereocenters. The molecule has 0 aliphatic heterocycles. The number of anilines is 1. The molecule has 32 heavy (non-hydrogen) atoms. The summed E-state index contributed by atoms with van der Waals surface area (Å²) in [6.45, 7) is 0. The Morgan fingerprint density at radius 2 is 2.25 bits per heavy atom. The maximum Gasteiger partial charge on any atom is 0.293 e. The van der Waals surface area contributed by atoms with Crippen molar-refractivity contribution in [2.75, 3.05) is 12.8 Å². The Hall–Kier alpha value is -4.27. The van der Waals surface area contributed by atoms with Crippen LogP contribution in [0, 0.1) is 0 Å². The van der Waals surface area contributed by atoms with Gasteiger partial charge in [-0.2, -0.15) is 9.78 Å². The average Bonchev–Trinajstić information content (AvgIpc) is 3.52. The molecule has 3 N–H and O–H groups in total. The molecular formula is C17H17N11O3S. The molecule has 0 atom stereocenters. The van der Waals surface area contributed by atoms with Gasteiger partial charge in [-0.05, 0) is 28.0 Å². The number of hydrogen-bond donors (Lipinski definition) is 2. The summed E-state index contributed by atoms with van der Waals surface area (Å²) in [5, 5.41) is 27.7. The minimum atomic E-state index is -0.570. The first-order valence-corrected chi connectivity index (χ1v) is 10.0. The normalized spacial score (nSPS) is 11.2. The second kappa shape index (κ2) is 9.25. The number of hydrazone groups is 1. The second-order valence-corrected chi connectivity index (χ2v) is 7.20. The van der Waals surface area contributed by atoms with Gasteiger partial charge in [0.1, 0.15) is 12.1 Å². The number of aromatic nitrogens is 8. The van der Waals surface area contributed by atoms with Crippen LogP contribution in [-0.4, -0.2) is 59.3 Å². The number of amides is 1. The standard InChI is InChI=1S/C17H17N11O3S/c1-27-9-20-23-17(27)32-8-12-13(21-26-28(12)15-14(18)24-31-25-15)16(29)22-19-7-10-4-3-5-11(6-10)30-2/h3-7,9H,8H2,1-2H3,(H2,18,24)(H,22,29)/b19-7-. The third-order valence-corrected chi connectivity index (χ3v) is 5.20. The number of carbonyl (C=O) groups excluding carboxylic acids is 1. The molecule has 1 aromatic carbocycles. The van der Waals surface area contributed by atoms with Crippen LogP contribution in [-0.2, 0) is 12.8 Å². The first-order chi connectivity index (χ1) is 15.6. The number of aryl methyl sites for hydroxylation is 1. The lowest BCUT2D eigenvalue weighted by Crippen LogP contribution is -2.20. The van der Waals surface area contributed by atoms with Gasteiger partial charge in [0.05, 0.1) is 19.0 Å². The summed E-state index contributed by atoms with van der Waals surface area (Å²) in [6.07, 6.45) is 3.05. The van der Waals surface area contributed by atoms with Crippen molar-refractivity contribution in [1.82, 2.24) is 45.5 Å². The van der Waals surface area contributed by atoms with Crippen LogP contribution in [0.15, 0.2) is 45.5 Å². The van der Waals surface area contributed by atoms with Crippen LogP contribution in [0.1, 0.15) is 21.7 Å². The number of carbonyl (C=O) groups is 1. The molecule has 3 aromatic heterocycles. The average molecular weight is 455 g/mol. The minimum Gasteiger partial charge on any atom is -0.497 e. The number of methoxy groups -OCH3 is 1. The maximum absolute atomic E-state index is 12.8. The van der Waals surface area contributed by atoms with E-state index in [4.69, 9.17) is 10.5 Å². The van der Waals surface area contributed by atoms with Gasteiger partial charge in [0.25, 0.3) is 5.91 Å². The summed E-state index contributed by atoms with van der Waals surface area (Å²) in [5.74, 6) is 0.477. The molecule has 0 aliphatic carbocycles. The molecule has 0 spiro atoms. The molecule has 164 valence electrons. The minimum absolute atomic E-state index is 0.00260. The highest BCUT2D eigenvalue weighted by molar-refractivity contribution is 7.98. The van der Waals surface area contributed by atoms with Gasteiger partial charge in [-0.1, -0.05) is 29.1 Å². The summed E-state index contributed by atoms with van der Waals surface area (Å²) in [6, 6.07) is 7.21. The van der Waals surface area contributed by atoms with E-state index in [0.29, 0.717) is 16.6 Å². The van der Waals surface area contributed by atoms with Gasteiger partial charge in [-0.15, -0.1) is 15.3 Å². The number of thioether (sulfide) groups is 1. The van der Waals surface area contributed by atoms with Gasteiger partial charge in [-0.25, -0.2) is 10.1 Å². The smallest absolute Gasteiger partial charge is 0.293 e. The largest absolute Gasteiger partial charge is 0.497 e. The molecule has 0 fully saturated rings. The van der Waals surface area contributed by atoms with Gasteiger partial charge < -0.3 is 15.0 Å². The van der Waals surface area contributed by atoms with Crippen molar-refractivity contribution in [3.05, 3.63) is 47.5 Å².